The summed E-state index contributed by atoms with van der Waals surface area (Å²) >= 11 is 0. The van der Waals surface area contributed by atoms with Crippen LogP contribution in [0.5, 0.6) is 0 Å². The summed E-state index contributed by atoms with van der Waals surface area (Å²) in [6, 6.07) is 2.06. The molecular weight excluding hydrogens is 250 g/mol. The van der Waals surface area contributed by atoms with Gasteiger partial charge in [0, 0.05) is 25.8 Å². The second-order valence-corrected chi connectivity index (χ2v) is 6.23. The highest BCUT2D eigenvalue weighted by Crippen LogP contribution is 2.33. The molecule has 2 N–H and O–H groups in total. The Morgan fingerprint density at radius 1 is 1.40 bits per heavy atom. The second-order valence-electron chi connectivity index (χ2n) is 6.23. The van der Waals surface area contributed by atoms with Gasteiger partial charge in [-0.25, -0.2) is 0 Å². The van der Waals surface area contributed by atoms with E-state index in [4.69, 9.17) is 0 Å². The highest BCUT2D eigenvalue weighted by Gasteiger charge is 2.32. The molecule has 1 heterocycles. The second kappa shape index (κ2) is 7.23. The highest BCUT2D eigenvalue weighted by atomic mass is 16.3. The third kappa shape index (κ3) is 4.06. The van der Waals surface area contributed by atoms with E-state index in [1.165, 1.54) is 25.0 Å². The molecule has 0 bridgehead atoms. The molecule has 0 amide bonds. The zero-order valence-electron chi connectivity index (χ0n) is 12.9. The maximum Gasteiger partial charge on any atom is 0.0771 e. The van der Waals surface area contributed by atoms with Crippen LogP contribution in [0.25, 0.3) is 0 Å². The molecule has 114 valence electrons. The lowest BCUT2D eigenvalue weighted by Gasteiger charge is -2.36. The van der Waals surface area contributed by atoms with Gasteiger partial charge >= 0.3 is 0 Å². The minimum Gasteiger partial charge on any atom is -0.389 e. The zero-order valence-corrected chi connectivity index (χ0v) is 12.9. The van der Waals surface area contributed by atoms with Crippen molar-refractivity contribution < 1.29 is 5.11 Å². The number of nitrogens with zero attached hydrogens (tertiary/aromatic N) is 2. The average molecular weight is 279 g/mol. The molecule has 0 saturated heterocycles. The van der Waals surface area contributed by atoms with Crippen molar-refractivity contribution >= 4 is 0 Å². The van der Waals surface area contributed by atoms with Crippen LogP contribution in [0.4, 0.5) is 0 Å². The van der Waals surface area contributed by atoms with Crippen molar-refractivity contribution in [3.05, 3.63) is 18.0 Å². The van der Waals surface area contributed by atoms with Gasteiger partial charge in [-0.2, -0.15) is 5.10 Å². The molecule has 1 aliphatic carbocycles. The summed E-state index contributed by atoms with van der Waals surface area (Å²) in [4.78, 5) is 0. The lowest BCUT2D eigenvalue weighted by atomic mass is 9.78. The average Bonchev–Trinajstić information content (AvgIpc) is 2.88. The lowest BCUT2D eigenvalue weighted by molar-refractivity contribution is -0.00892. The van der Waals surface area contributed by atoms with Crippen molar-refractivity contribution in [2.75, 3.05) is 6.54 Å². The van der Waals surface area contributed by atoms with E-state index in [0.717, 1.165) is 38.3 Å². The molecule has 1 aromatic rings. The number of nitrogens with one attached hydrogen (secondary N) is 1. The van der Waals surface area contributed by atoms with E-state index in [-0.39, 0.29) is 0 Å². The van der Waals surface area contributed by atoms with E-state index < -0.39 is 5.60 Å². The van der Waals surface area contributed by atoms with Crippen LogP contribution in [0.1, 0.15) is 58.1 Å². The van der Waals surface area contributed by atoms with Gasteiger partial charge in [-0.3, -0.25) is 4.68 Å². The van der Waals surface area contributed by atoms with Gasteiger partial charge in [-0.1, -0.05) is 20.3 Å². The molecule has 0 aliphatic heterocycles. The minimum atomic E-state index is -0.499. The van der Waals surface area contributed by atoms with E-state index in [2.05, 4.69) is 30.3 Å². The van der Waals surface area contributed by atoms with Gasteiger partial charge in [0.25, 0.3) is 0 Å². The largest absolute Gasteiger partial charge is 0.389 e. The maximum absolute atomic E-state index is 10.6. The monoisotopic (exact) mass is 279 g/mol. The third-order valence-corrected chi connectivity index (χ3v) is 4.61. The van der Waals surface area contributed by atoms with Gasteiger partial charge in [0.2, 0.25) is 0 Å². The summed E-state index contributed by atoms with van der Waals surface area (Å²) in [7, 11) is 0. The molecule has 1 fully saturated rings. The maximum atomic E-state index is 10.6. The van der Waals surface area contributed by atoms with Crippen LogP contribution in [0.15, 0.2) is 12.3 Å². The van der Waals surface area contributed by atoms with E-state index in [1.54, 1.807) is 0 Å². The summed E-state index contributed by atoms with van der Waals surface area (Å²) < 4.78 is 2.05. The lowest BCUT2D eigenvalue weighted by Crippen LogP contribution is -2.43. The Bertz CT molecular complexity index is 394. The Balaban J connectivity index is 1.76. The topological polar surface area (TPSA) is 50.1 Å². The molecule has 1 aromatic heterocycles. The number of aryl methyl sites for hydroxylation is 1. The predicted molar refractivity (Wildman–Crippen MR) is 81.4 cm³/mol. The first-order chi connectivity index (χ1) is 9.67. The van der Waals surface area contributed by atoms with Gasteiger partial charge in [-0.15, -0.1) is 0 Å². The van der Waals surface area contributed by atoms with Gasteiger partial charge in [0.1, 0.15) is 0 Å². The Morgan fingerprint density at radius 3 is 2.80 bits per heavy atom. The SMILES string of the molecule is CCCn1nccc1CNCC1(O)CCC(CC)CC1. The highest BCUT2D eigenvalue weighted by molar-refractivity contribution is 5.00. The van der Waals surface area contributed by atoms with Crippen molar-refractivity contribution in [3.63, 3.8) is 0 Å². The summed E-state index contributed by atoms with van der Waals surface area (Å²) in [6.45, 7) is 6.86. The molecule has 20 heavy (non-hydrogen) atoms. The van der Waals surface area contributed by atoms with Crippen molar-refractivity contribution in [1.29, 1.82) is 0 Å². The number of hydrogen-bond donors (Lipinski definition) is 2. The van der Waals surface area contributed by atoms with Crippen LogP contribution in [-0.4, -0.2) is 27.0 Å². The van der Waals surface area contributed by atoms with Gasteiger partial charge in [0.15, 0.2) is 0 Å². The number of aromatic nitrogens is 2. The molecule has 0 spiro atoms. The van der Waals surface area contributed by atoms with Gasteiger partial charge in [0.05, 0.1) is 11.3 Å². The Hall–Kier alpha value is -0.870. The first-order valence-corrected chi connectivity index (χ1v) is 8.10. The Morgan fingerprint density at radius 2 is 2.15 bits per heavy atom. The van der Waals surface area contributed by atoms with Gasteiger partial charge < -0.3 is 10.4 Å². The van der Waals surface area contributed by atoms with Crippen molar-refractivity contribution in [2.45, 2.75) is 71.1 Å². The first-order valence-electron chi connectivity index (χ1n) is 8.10. The van der Waals surface area contributed by atoms with Crippen LogP contribution in [0.3, 0.4) is 0 Å². The third-order valence-electron chi connectivity index (χ3n) is 4.61. The summed E-state index contributed by atoms with van der Waals surface area (Å²) in [5.41, 5.74) is 0.707. The molecule has 0 radical (unpaired) electrons. The van der Waals surface area contributed by atoms with Crippen LogP contribution < -0.4 is 5.32 Å². The molecule has 1 saturated carbocycles. The molecule has 4 heteroatoms. The van der Waals surface area contributed by atoms with Crippen LogP contribution >= 0.6 is 0 Å². The van der Waals surface area contributed by atoms with E-state index >= 15 is 0 Å². The van der Waals surface area contributed by atoms with Crippen LogP contribution in [-0.2, 0) is 13.1 Å². The summed E-state index contributed by atoms with van der Waals surface area (Å²) in [5, 5.41) is 18.3. The zero-order chi connectivity index (χ0) is 14.4. The van der Waals surface area contributed by atoms with Crippen LogP contribution in [0.2, 0.25) is 0 Å². The molecule has 2 rings (SSSR count). The van der Waals surface area contributed by atoms with Crippen LogP contribution in [0, 0.1) is 5.92 Å². The summed E-state index contributed by atoms with van der Waals surface area (Å²) in [6.07, 6.45) is 8.41. The molecule has 0 aromatic carbocycles. The first kappa shape index (κ1) is 15.5. The fourth-order valence-corrected chi connectivity index (χ4v) is 3.15. The molecule has 1 aliphatic rings. The minimum absolute atomic E-state index is 0.499. The van der Waals surface area contributed by atoms with E-state index in [0.29, 0.717) is 6.54 Å². The van der Waals surface area contributed by atoms with Crippen molar-refractivity contribution in [3.8, 4) is 0 Å². The fourth-order valence-electron chi connectivity index (χ4n) is 3.15. The molecule has 0 atom stereocenters. The number of aliphatic hydroxyl groups is 1. The standard InChI is InChI=1S/C16H29N3O/c1-3-11-19-15(7-10-18-19)12-17-13-16(20)8-5-14(4-2)6-9-16/h7,10,14,17,20H,3-6,8-9,11-13H2,1-2H3. The van der Waals surface area contributed by atoms with Crippen molar-refractivity contribution in [1.82, 2.24) is 15.1 Å². The quantitative estimate of drug-likeness (QED) is 0.807. The number of rotatable bonds is 7. The molecule has 0 unspecified atom stereocenters. The number of hydrogen-bond acceptors (Lipinski definition) is 3. The summed E-state index contributed by atoms with van der Waals surface area (Å²) in [5.74, 6) is 0.821. The molecule has 4 nitrogen and oxygen atoms in total. The predicted octanol–water partition coefficient (Wildman–Crippen LogP) is 2.71. The molecular formula is C16H29N3O. The van der Waals surface area contributed by atoms with Gasteiger partial charge in [-0.05, 0) is 44.1 Å². The fraction of sp³-hybridized carbons (Fsp3) is 0.812. The Kier molecular flexibility index (Phi) is 5.61. The van der Waals surface area contributed by atoms with E-state index in [9.17, 15) is 5.11 Å². The van der Waals surface area contributed by atoms with E-state index in [1.807, 2.05) is 10.9 Å². The Labute approximate surface area is 122 Å². The van der Waals surface area contributed by atoms with Crippen molar-refractivity contribution in [2.24, 2.45) is 5.92 Å². The smallest absolute Gasteiger partial charge is 0.0771 e. The normalized spacial score (nSPS) is 26.9.